The Bertz CT molecular complexity index is 750. The van der Waals surface area contributed by atoms with Crippen LogP contribution in [-0.2, 0) is 4.79 Å². The van der Waals surface area contributed by atoms with Crippen LogP contribution in [0, 0.1) is 12.8 Å². The molecule has 0 fully saturated rings. The molecular weight excluding hydrogens is 274 g/mol. The lowest BCUT2D eigenvalue weighted by molar-refractivity contribution is -0.118. The van der Waals surface area contributed by atoms with Crippen molar-refractivity contribution in [2.45, 2.75) is 13.8 Å². The minimum atomic E-state index is -0.403. The standard InChI is InChI=1S/C18H17N3O/c1-13-8-6-7-11-17(13)19-12-16-14(2)20-21(18(16)22)15-9-4-3-5-10-15/h3-12,16H,1-2H3. The molecule has 1 heterocycles. The number of amides is 1. The normalized spacial score (nSPS) is 18.1. The van der Waals surface area contributed by atoms with Crippen LogP contribution in [0.15, 0.2) is 64.7 Å². The average Bonchev–Trinajstić information content (AvgIpc) is 2.82. The molecule has 1 aliphatic heterocycles. The zero-order valence-corrected chi connectivity index (χ0v) is 12.6. The number of benzene rings is 2. The van der Waals surface area contributed by atoms with Crippen LogP contribution in [0.3, 0.4) is 0 Å². The SMILES string of the molecule is CC1=NN(c2ccccc2)C(=O)C1C=Nc1ccccc1C. The van der Waals surface area contributed by atoms with Crippen molar-refractivity contribution in [2.24, 2.45) is 16.0 Å². The molecule has 3 rings (SSSR count). The van der Waals surface area contributed by atoms with Crippen molar-refractivity contribution in [3.63, 3.8) is 0 Å². The molecule has 0 saturated carbocycles. The van der Waals surface area contributed by atoms with E-state index in [1.54, 1.807) is 6.21 Å². The molecule has 4 nitrogen and oxygen atoms in total. The van der Waals surface area contributed by atoms with E-state index in [0.717, 1.165) is 22.6 Å². The maximum atomic E-state index is 12.5. The highest BCUT2D eigenvalue weighted by molar-refractivity contribution is 6.23. The van der Waals surface area contributed by atoms with E-state index in [1.807, 2.05) is 68.4 Å². The summed E-state index contributed by atoms with van der Waals surface area (Å²) in [4.78, 5) is 17.0. The monoisotopic (exact) mass is 291 g/mol. The van der Waals surface area contributed by atoms with Gasteiger partial charge in [0.2, 0.25) is 0 Å². The molecule has 0 spiro atoms. The molecule has 0 bridgehead atoms. The minimum Gasteiger partial charge on any atom is -0.271 e. The Morgan fingerprint density at radius 1 is 1.05 bits per heavy atom. The van der Waals surface area contributed by atoms with E-state index in [2.05, 4.69) is 10.1 Å². The summed E-state index contributed by atoms with van der Waals surface area (Å²) in [6, 6.07) is 17.3. The summed E-state index contributed by atoms with van der Waals surface area (Å²) >= 11 is 0. The van der Waals surface area contributed by atoms with Gasteiger partial charge in [-0.05, 0) is 37.6 Å². The highest BCUT2D eigenvalue weighted by Crippen LogP contribution is 2.24. The lowest BCUT2D eigenvalue weighted by atomic mass is 10.1. The molecule has 0 aliphatic carbocycles. The van der Waals surface area contributed by atoms with Gasteiger partial charge in [-0.25, -0.2) is 0 Å². The quantitative estimate of drug-likeness (QED) is 0.795. The Morgan fingerprint density at radius 3 is 2.45 bits per heavy atom. The van der Waals surface area contributed by atoms with Gasteiger partial charge in [-0.3, -0.25) is 9.79 Å². The third kappa shape index (κ3) is 2.68. The summed E-state index contributed by atoms with van der Waals surface area (Å²) < 4.78 is 0. The van der Waals surface area contributed by atoms with Crippen molar-refractivity contribution in [2.75, 3.05) is 5.01 Å². The predicted octanol–water partition coefficient (Wildman–Crippen LogP) is 3.74. The molecule has 0 saturated heterocycles. The van der Waals surface area contributed by atoms with Gasteiger partial charge in [0, 0.05) is 6.21 Å². The Balaban J connectivity index is 1.83. The number of hydrogen-bond acceptors (Lipinski definition) is 3. The highest BCUT2D eigenvalue weighted by Gasteiger charge is 2.33. The molecule has 4 heteroatoms. The first-order chi connectivity index (χ1) is 10.7. The number of para-hydroxylation sites is 2. The van der Waals surface area contributed by atoms with Gasteiger partial charge in [0.15, 0.2) is 0 Å². The van der Waals surface area contributed by atoms with Gasteiger partial charge in [-0.15, -0.1) is 0 Å². The van der Waals surface area contributed by atoms with Crippen LogP contribution in [0.5, 0.6) is 0 Å². The molecule has 1 unspecified atom stereocenters. The lowest BCUT2D eigenvalue weighted by Gasteiger charge is -2.12. The molecular formula is C18H17N3O. The second-order valence-electron chi connectivity index (χ2n) is 5.27. The van der Waals surface area contributed by atoms with Crippen LogP contribution in [0.4, 0.5) is 11.4 Å². The summed E-state index contributed by atoms with van der Waals surface area (Å²) in [6.45, 7) is 3.86. The number of nitrogens with zero attached hydrogens (tertiary/aromatic N) is 3. The van der Waals surface area contributed by atoms with Gasteiger partial charge >= 0.3 is 0 Å². The fraction of sp³-hybridized carbons (Fsp3) is 0.167. The van der Waals surface area contributed by atoms with Crippen molar-refractivity contribution >= 4 is 29.2 Å². The van der Waals surface area contributed by atoms with E-state index in [4.69, 9.17) is 0 Å². The number of hydrazone groups is 1. The molecule has 110 valence electrons. The second-order valence-corrected chi connectivity index (χ2v) is 5.27. The second kappa shape index (κ2) is 5.93. The number of rotatable bonds is 3. The third-order valence-corrected chi connectivity index (χ3v) is 3.66. The number of aliphatic imine (C=N–C) groups is 1. The fourth-order valence-electron chi connectivity index (χ4n) is 2.37. The minimum absolute atomic E-state index is 0.0685. The van der Waals surface area contributed by atoms with E-state index in [1.165, 1.54) is 5.01 Å². The third-order valence-electron chi connectivity index (χ3n) is 3.66. The predicted molar refractivity (Wildman–Crippen MR) is 89.9 cm³/mol. The van der Waals surface area contributed by atoms with E-state index in [9.17, 15) is 4.79 Å². The van der Waals surface area contributed by atoms with Crippen LogP contribution in [0.25, 0.3) is 0 Å². The number of aryl methyl sites for hydroxylation is 1. The molecule has 0 N–H and O–H groups in total. The number of anilines is 1. The molecule has 1 atom stereocenters. The molecule has 2 aromatic rings. The Labute approximate surface area is 129 Å². The first-order valence-electron chi connectivity index (χ1n) is 7.21. The van der Waals surface area contributed by atoms with Gasteiger partial charge in [0.25, 0.3) is 5.91 Å². The van der Waals surface area contributed by atoms with E-state index in [-0.39, 0.29) is 5.91 Å². The molecule has 0 radical (unpaired) electrons. The largest absolute Gasteiger partial charge is 0.271 e. The molecule has 1 amide bonds. The summed E-state index contributed by atoms with van der Waals surface area (Å²) in [6.07, 6.45) is 1.69. The van der Waals surface area contributed by atoms with Gasteiger partial charge in [-0.1, -0.05) is 36.4 Å². The average molecular weight is 291 g/mol. The van der Waals surface area contributed by atoms with Crippen molar-refractivity contribution < 1.29 is 4.79 Å². The van der Waals surface area contributed by atoms with E-state index in [0.29, 0.717) is 0 Å². The van der Waals surface area contributed by atoms with E-state index >= 15 is 0 Å². The molecule has 2 aromatic carbocycles. The summed E-state index contributed by atoms with van der Waals surface area (Å²) in [5.74, 6) is -0.471. The summed E-state index contributed by atoms with van der Waals surface area (Å²) in [5.41, 5.74) is 3.49. The van der Waals surface area contributed by atoms with Crippen molar-refractivity contribution in [1.82, 2.24) is 0 Å². The van der Waals surface area contributed by atoms with Gasteiger partial charge < -0.3 is 0 Å². The molecule has 0 aromatic heterocycles. The van der Waals surface area contributed by atoms with Crippen LogP contribution in [-0.4, -0.2) is 17.8 Å². The van der Waals surface area contributed by atoms with Gasteiger partial charge in [-0.2, -0.15) is 10.1 Å². The highest BCUT2D eigenvalue weighted by atomic mass is 16.2. The van der Waals surface area contributed by atoms with Gasteiger partial charge in [0.05, 0.1) is 17.1 Å². The van der Waals surface area contributed by atoms with Crippen LogP contribution < -0.4 is 5.01 Å². The van der Waals surface area contributed by atoms with Crippen LogP contribution in [0.2, 0.25) is 0 Å². The maximum absolute atomic E-state index is 12.5. The Hall–Kier alpha value is -2.75. The summed E-state index contributed by atoms with van der Waals surface area (Å²) in [5, 5.41) is 5.81. The topological polar surface area (TPSA) is 45.0 Å². The van der Waals surface area contributed by atoms with Crippen molar-refractivity contribution in [3.05, 3.63) is 60.2 Å². The zero-order valence-electron chi connectivity index (χ0n) is 12.6. The number of carbonyl (C=O) groups is 1. The maximum Gasteiger partial charge on any atom is 0.261 e. The van der Waals surface area contributed by atoms with Gasteiger partial charge in [0.1, 0.15) is 5.92 Å². The van der Waals surface area contributed by atoms with E-state index < -0.39 is 5.92 Å². The Kier molecular flexibility index (Phi) is 3.83. The van der Waals surface area contributed by atoms with Crippen LogP contribution >= 0.6 is 0 Å². The lowest BCUT2D eigenvalue weighted by Crippen LogP contribution is -2.27. The Morgan fingerprint density at radius 2 is 1.73 bits per heavy atom. The van der Waals surface area contributed by atoms with Crippen molar-refractivity contribution in [3.8, 4) is 0 Å². The fourth-order valence-corrected chi connectivity index (χ4v) is 2.37. The first kappa shape index (κ1) is 14.2. The molecule has 22 heavy (non-hydrogen) atoms. The molecule has 1 aliphatic rings. The zero-order chi connectivity index (χ0) is 15.5. The van der Waals surface area contributed by atoms with Crippen LogP contribution in [0.1, 0.15) is 12.5 Å². The first-order valence-corrected chi connectivity index (χ1v) is 7.21. The number of hydrogen-bond donors (Lipinski definition) is 0. The van der Waals surface area contributed by atoms with Crippen molar-refractivity contribution in [1.29, 1.82) is 0 Å². The smallest absolute Gasteiger partial charge is 0.261 e. The summed E-state index contributed by atoms with van der Waals surface area (Å²) in [7, 11) is 0. The number of carbonyl (C=O) groups excluding carboxylic acids is 1.